The van der Waals surface area contributed by atoms with Gasteiger partial charge in [0, 0.05) is 6.54 Å². The molecule has 0 bridgehead atoms. The van der Waals surface area contributed by atoms with Crippen molar-refractivity contribution in [2.75, 3.05) is 6.54 Å². The first-order valence-corrected chi connectivity index (χ1v) is 4.48. The van der Waals surface area contributed by atoms with Crippen LogP contribution in [0.4, 0.5) is 4.79 Å². The van der Waals surface area contributed by atoms with Gasteiger partial charge in [-0.25, -0.2) is 4.79 Å². The molecule has 80 valence electrons. The first-order chi connectivity index (χ1) is 7.09. The fourth-order valence-electron chi connectivity index (χ4n) is 1.64. The SMILES string of the molecule is NC(=O)c1cnn2c1CN(C(N)=O)CC2. The summed E-state index contributed by atoms with van der Waals surface area (Å²) in [5.74, 6) is -0.539. The van der Waals surface area contributed by atoms with Gasteiger partial charge in [-0.2, -0.15) is 5.10 Å². The quantitative estimate of drug-likeness (QED) is 0.611. The zero-order valence-corrected chi connectivity index (χ0v) is 8.01. The molecule has 3 amide bonds. The highest BCUT2D eigenvalue weighted by Gasteiger charge is 2.24. The Morgan fingerprint density at radius 2 is 2.07 bits per heavy atom. The fraction of sp³-hybridized carbons (Fsp3) is 0.375. The van der Waals surface area contributed by atoms with Gasteiger partial charge in [-0.1, -0.05) is 0 Å². The predicted molar refractivity (Wildman–Crippen MR) is 50.7 cm³/mol. The second kappa shape index (κ2) is 3.26. The molecule has 0 radical (unpaired) electrons. The van der Waals surface area contributed by atoms with Crippen molar-refractivity contribution >= 4 is 11.9 Å². The molecule has 0 saturated heterocycles. The Bertz CT molecular complexity index is 425. The summed E-state index contributed by atoms with van der Waals surface area (Å²) in [7, 11) is 0. The maximum atomic E-state index is 11.0. The minimum atomic E-state index is -0.539. The highest BCUT2D eigenvalue weighted by Crippen LogP contribution is 2.15. The highest BCUT2D eigenvalue weighted by molar-refractivity contribution is 5.93. The Balaban J connectivity index is 2.34. The molecule has 0 spiro atoms. The van der Waals surface area contributed by atoms with E-state index in [2.05, 4.69) is 5.10 Å². The van der Waals surface area contributed by atoms with Crippen LogP contribution in [0.15, 0.2) is 6.20 Å². The molecule has 1 aliphatic heterocycles. The van der Waals surface area contributed by atoms with Crippen molar-refractivity contribution in [3.63, 3.8) is 0 Å². The van der Waals surface area contributed by atoms with Crippen LogP contribution in [0, 0.1) is 0 Å². The second-order valence-electron chi connectivity index (χ2n) is 3.35. The average Bonchev–Trinajstić information content (AvgIpc) is 2.59. The third-order valence-corrected chi connectivity index (χ3v) is 2.45. The standard InChI is InChI=1S/C8H11N5O2/c9-7(14)5-3-11-13-2-1-12(8(10)15)4-6(5)13/h3H,1-2,4H2,(H2,9,14)(H2,10,15). The van der Waals surface area contributed by atoms with Crippen molar-refractivity contribution in [1.82, 2.24) is 14.7 Å². The van der Waals surface area contributed by atoms with Gasteiger partial charge in [-0.3, -0.25) is 9.48 Å². The van der Waals surface area contributed by atoms with Crippen LogP contribution in [0.5, 0.6) is 0 Å². The summed E-state index contributed by atoms with van der Waals surface area (Å²) in [5, 5.41) is 4.01. The average molecular weight is 209 g/mol. The molecule has 2 rings (SSSR count). The molecule has 1 aliphatic rings. The van der Waals surface area contributed by atoms with Gasteiger partial charge in [0.2, 0.25) is 0 Å². The molecular formula is C8H11N5O2. The molecule has 0 saturated carbocycles. The van der Waals surface area contributed by atoms with E-state index in [1.807, 2.05) is 0 Å². The van der Waals surface area contributed by atoms with Crippen molar-refractivity contribution in [1.29, 1.82) is 0 Å². The minimum absolute atomic E-state index is 0.285. The number of rotatable bonds is 1. The van der Waals surface area contributed by atoms with Gasteiger partial charge in [-0.05, 0) is 0 Å². The van der Waals surface area contributed by atoms with E-state index in [-0.39, 0.29) is 6.54 Å². The van der Waals surface area contributed by atoms with Gasteiger partial charge in [0.15, 0.2) is 0 Å². The van der Waals surface area contributed by atoms with Crippen LogP contribution >= 0.6 is 0 Å². The van der Waals surface area contributed by atoms with E-state index in [0.29, 0.717) is 24.3 Å². The minimum Gasteiger partial charge on any atom is -0.365 e. The third-order valence-electron chi connectivity index (χ3n) is 2.45. The van der Waals surface area contributed by atoms with Crippen LogP contribution < -0.4 is 11.5 Å². The van der Waals surface area contributed by atoms with Crippen molar-refractivity contribution in [3.05, 3.63) is 17.5 Å². The van der Waals surface area contributed by atoms with Gasteiger partial charge < -0.3 is 16.4 Å². The Morgan fingerprint density at radius 1 is 1.33 bits per heavy atom. The molecule has 0 aliphatic carbocycles. The predicted octanol–water partition coefficient (Wildman–Crippen LogP) is -1.12. The van der Waals surface area contributed by atoms with Crippen molar-refractivity contribution in [2.45, 2.75) is 13.1 Å². The molecule has 15 heavy (non-hydrogen) atoms. The maximum absolute atomic E-state index is 11.0. The largest absolute Gasteiger partial charge is 0.365 e. The Hall–Kier alpha value is -2.05. The first kappa shape index (κ1) is 9.50. The van der Waals surface area contributed by atoms with Crippen molar-refractivity contribution < 1.29 is 9.59 Å². The zero-order chi connectivity index (χ0) is 11.0. The monoisotopic (exact) mass is 209 g/mol. The molecule has 0 fully saturated rings. The van der Waals surface area contributed by atoms with E-state index < -0.39 is 11.9 Å². The van der Waals surface area contributed by atoms with E-state index in [9.17, 15) is 9.59 Å². The lowest BCUT2D eigenvalue weighted by atomic mass is 10.2. The summed E-state index contributed by atoms with van der Waals surface area (Å²) in [6.07, 6.45) is 1.42. The van der Waals surface area contributed by atoms with Crippen LogP contribution in [0.25, 0.3) is 0 Å². The summed E-state index contributed by atoms with van der Waals surface area (Å²) in [6.45, 7) is 1.32. The number of carbonyl (C=O) groups is 2. The number of urea groups is 1. The lowest BCUT2D eigenvalue weighted by molar-refractivity contribution is 0.0997. The molecule has 4 N–H and O–H groups in total. The van der Waals surface area contributed by atoms with Crippen LogP contribution in [0.1, 0.15) is 16.1 Å². The van der Waals surface area contributed by atoms with Crippen molar-refractivity contribution in [3.8, 4) is 0 Å². The topological polar surface area (TPSA) is 107 Å². The molecule has 1 aromatic rings. The number of fused-ring (bicyclic) bond motifs is 1. The number of hydrogen-bond acceptors (Lipinski definition) is 3. The first-order valence-electron chi connectivity index (χ1n) is 4.48. The van der Waals surface area contributed by atoms with Gasteiger partial charge in [-0.15, -0.1) is 0 Å². The van der Waals surface area contributed by atoms with Gasteiger partial charge >= 0.3 is 6.03 Å². The number of primary amides is 2. The molecule has 0 aromatic carbocycles. The summed E-state index contributed by atoms with van der Waals surface area (Å²) >= 11 is 0. The van der Waals surface area contributed by atoms with Gasteiger partial charge in [0.25, 0.3) is 5.91 Å². The van der Waals surface area contributed by atoms with E-state index in [0.717, 1.165) is 0 Å². The van der Waals surface area contributed by atoms with Crippen LogP contribution in [-0.2, 0) is 13.1 Å². The number of hydrogen-bond donors (Lipinski definition) is 2. The smallest absolute Gasteiger partial charge is 0.315 e. The third kappa shape index (κ3) is 1.51. The molecule has 7 nitrogen and oxygen atoms in total. The number of carbonyl (C=O) groups excluding carboxylic acids is 2. The molecule has 2 heterocycles. The molecule has 7 heteroatoms. The number of nitrogens with zero attached hydrogens (tertiary/aromatic N) is 3. The normalized spacial score (nSPS) is 14.8. The Labute approximate surface area is 85.6 Å². The molecule has 1 aromatic heterocycles. The summed E-state index contributed by atoms with van der Waals surface area (Å²) in [6, 6.07) is -0.502. The van der Waals surface area contributed by atoms with E-state index in [1.54, 1.807) is 4.68 Å². The highest BCUT2D eigenvalue weighted by atomic mass is 16.2. The van der Waals surface area contributed by atoms with E-state index >= 15 is 0 Å². The van der Waals surface area contributed by atoms with Crippen LogP contribution in [-0.4, -0.2) is 33.2 Å². The summed E-state index contributed by atoms with van der Waals surface area (Å²) in [5.41, 5.74) is 11.3. The van der Waals surface area contributed by atoms with Gasteiger partial charge in [0.1, 0.15) is 0 Å². The lowest BCUT2D eigenvalue weighted by Gasteiger charge is -2.26. The maximum Gasteiger partial charge on any atom is 0.315 e. The number of nitrogens with two attached hydrogens (primary N) is 2. The number of aromatic nitrogens is 2. The second-order valence-corrected chi connectivity index (χ2v) is 3.35. The van der Waals surface area contributed by atoms with Crippen LogP contribution in [0.2, 0.25) is 0 Å². The van der Waals surface area contributed by atoms with Crippen LogP contribution in [0.3, 0.4) is 0 Å². The summed E-state index contributed by atoms with van der Waals surface area (Å²) in [4.78, 5) is 23.5. The molecular weight excluding hydrogens is 198 g/mol. The lowest BCUT2D eigenvalue weighted by Crippen LogP contribution is -2.42. The Morgan fingerprint density at radius 3 is 2.67 bits per heavy atom. The summed E-state index contributed by atoms with van der Waals surface area (Å²) < 4.78 is 1.67. The molecule has 0 atom stereocenters. The number of amides is 3. The van der Waals surface area contributed by atoms with Crippen molar-refractivity contribution in [2.24, 2.45) is 11.5 Å². The Kier molecular flexibility index (Phi) is 2.07. The van der Waals surface area contributed by atoms with E-state index in [1.165, 1.54) is 11.1 Å². The fourth-order valence-corrected chi connectivity index (χ4v) is 1.64. The van der Waals surface area contributed by atoms with Gasteiger partial charge in [0.05, 0.1) is 30.5 Å². The van der Waals surface area contributed by atoms with E-state index in [4.69, 9.17) is 11.5 Å². The zero-order valence-electron chi connectivity index (χ0n) is 8.01. The molecule has 0 unspecified atom stereocenters.